The number of carbonyl (C=O) groups excluding carboxylic acids is 2. The van der Waals surface area contributed by atoms with Gasteiger partial charge in [0.15, 0.2) is 5.78 Å². The molecule has 0 aliphatic carbocycles. The van der Waals surface area contributed by atoms with E-state index in [9.17, 15) is 9.59 Å². The van der Waals surface area contributed by atoms with Crippen molar-refractivity contribution in [3.05, 3.63) is 60.1 Å². The molecule has 1 amide bonds. The first-order chi connectivity index (χ1) is 12.1. The molecule has 3 rings (SSSR count). The monoisotopic (exact) mass is 336 g/mol. The fraction of sp³-hybridized carbons (Fsp3) is 0.167. The highest BCUT2D eigenvalue weighted by atomic mass is 16.5. The number of rotatable bonds is 6. The van der Waals surface area contributed by atoms with E-state index in [4.69, 9.17) is 4.52 Å². The van der Waals surface area contributed by atoms with Crippen LogP contribution in [0.25, 0.3) is 11.5 Å². The van der Waals surface area contributed by atoms with E-state index >= 15 is 0 Å². The summed E-state index contributed by atoms with van der Waals surface area (Å²) in [5.41, 5.74) is 1.75. The summed E-state index contributed by atoms with van der Waals surface area (Å²) in [6, 6.07) is 12.2. The number of Topliss-reactive ketones (excluding diaryl/α,β-unsaturated/α-hetero) is 1. The number of ketones is 1. The Morgan fingerprint density at radius 2 is 2.04 bits per heavy atom. The molecule has 25 heavy (non-hydrogen) atoms. The number of aryl methyl sites for hydroxylation is 1. The second-order valence-corrected chi connectivity index (χ2v) is 5.41. The minimum absolute atomic E-state index is 0.0518. The van der Waals surface area contributed by atoms with Gasteiger partial charge in [0.05, 0.1) is 0 Å². The summed E-state index contributed by atoms with van der Waals surface area (Å²) in [6.45, 7) is 1.48. The standard InChI is InChI=1S/C18H16N4O3/c1-12(23)13-5-4-6-14(11-13)20-16(24)8-9-17-21-18(22-25-17)15-7-2-3-10-19-15/h2-7,10-11H,8-9H2,1H3,(H,20,24). The fourth-order valence-electron chi connectivity index (χ4n) is 2.22. The summed E-state index contributed by atoms with van der Waals surface area (Å²) in [6.07, 6.45) is 2.15. The molecule has 0 bridgehead atoms. The number of hydrogen-bond donors (Lipinski definition) is 1. The van der Waals surface area contributed by atoms with Crippen molar-refractivity contribution in [1.82, 2.24) is 15.1 Å². The molecule has 0 saturated heterocycles. The SMILES string of the molecule is CC(=O)c1cccc(NC(=O)CCc2nc(-c3ccccn3)no2)c1. The van der Waals surface area contributed by atoms with Crippen LogP contribution < -0.4 is 5.32 Å². The maximum Gasteiger partial charge on any atom is 0.227 e. The van der Waals surface area contributed by atoms with E-state index in [1.54, 1.807) is 42.6 Å². The molecule has 7 heteroatoms. The summed E-state index contributed by atoms with van der Waals surface area (Å²) < 4.78 is 5.14. The van der Waals surface area contributed by atoms with Crippen molar-refractivity contribution in [2.24, 2.45) is 0 Å². The molecular weight excluding hydrogens is 320 g/mol. The Labute approximate surface area is 144 Å². The van der Waals surface area contributed by atoms with E-state index in [2.05, 4.69) is 20.4 Å². The minimum Gasteiger partial charge on any atom is -0.339 e. The van der Waals surface area contributed by atoms with Crippen LogP contribution in [0.5, 0.6) is 0 Å². The van der Waals surface area contributed by atoms with E-state index in [1.165, 1.54) is 6.92 Å². The molecular formula is C18H16N4O3. The molecule has 0 spiro atoms. The molecule has 1 aromatic carbocycles. The maximum atomic E-state index is 12.0. The highest BCUT2D eigenvalue weighted by Crippen LogP contribution is 2.14. The Hall–Kier alpha value is -3.35. The number of carbonyl (C=O) groups is 2. The second-order valence-electron chi connectivity index (χ2n) is 5.41. The van der Waals surface area contributed by atoms with Crippen molar-refractivity contribution in [1.29, 1.82) is 0 Å². The molecule has 0 fully saturated rings. The maximum absolute atomic E-state index is 12.0. The van der Waals surface area contributed by atoms with Crippen LogP contribution in [0.3, 0.4) is 0 Å². The number of anilines is 1. The number of hydrogen-bond acceptors (Lipinski definition) is 6. The van der Waals surface area contributed by atoms with Crippen LogP contribution in [0.4, 0.5) is 5.69 Å². The predicted molar refractivity (Wildman–Crippen MR) is 90.9 cm³/mol. The lowest BCUT2D eigenvalue weighted by molar-refractivity contribution is -0.116. The van der Waals surface area contributed by atoms with Crippen LogP contribution in [-0.2, 0) is 11.2 Å². The van der Waals surface area contributed by atoms with E-state index in [1.807, 2.05) is 6.07 Å². The molecule has 0 aliphatic rings. The molecule has 0 atom stereocenters. The molecule has 2 heterocycles. The smallest absolute Gasteiger partial charge is 0.227 e. The number of nitrogens with zero attached hydrogens (tertiary/aromatic N) is 3. The number of aromatic nitrogens is 3. The molecule has 3 aromatic rings. The van der Waals surface area contributed by atoms with Gasteiger partial charge in [-0.2, -0.15) is 4.98 Å². The van der Waals surface area contributed by atoms with Crippen LogP contribution >= 0.6 is 0 Å². The van der Waals surface area contributed by atoms with Gasteiger partial charge in [0.2, 0.25) is 17.6 Å². The Balaban J connectivity index is 1.57. The summed E-state index contributed by atoms with van der Waals surface area (Å²) in [5.74, 6) is 0.515. The summed E-state index contributed by atoms with van der Waals surface area (Å²) in [5, 5.41) is 6.61. The minimum atomic E-state index is -0.196. The van der Waals surface area contributed by atoms with Gasteiger partial charge >= 0.3 is 0 Å². The second kappa shape index (κ2) is 7.48. The average Bonchev–Trinajstić information content (AvgIpc) is 3.10. The quantitative estimate of drug-likeness (QED) is 0.695. The Morgan fingerprint density at radius 1 is 1.16 bits per heavy atom. The first-order valence-electron chi connectivity index (χ1n) is 7.76. The van der Waals surface area contributed by atoms with E-state index in [-0.39, 0.29) is 18.1 Å². The van der Waals surface area contributed by atoms with Gasteiger partial charge in [-0.1, -0.05) is 23.4 Å². The van der Waals surface area contributed by atoms with Crippen molar-refractivity contribution >= 4 is 17.4 Å². The van der Waals surface area contributed by atoms with Crippen LogP contribution in [-0.4, -0.2) is 26.8 Å². The summed E-state index contributed by atoms with van der Waals surface area (Å²) in [7, 11) is 0. The highest BCUT2D eigenvalue weighted by Gasteiger charge is 2.11. The first kappa shape index (κ1) is 16.5. The molecule has 7 nitrogen and oxygen atoms in total. The van der Waals surface area contributed by atoms with Gasteiger partial charge < -0.3 is 9.84 Å². The lowest BCUT2D eigenvalue weighted by Crippen LogP contribution is -2.12. The normalized spacial score (nSPS) is 10.4. The van der Waals surface area contributed by atoms with E-state index in [0.29, 0.717) is 35.1 Å². The van der Waals surface area contributed by atoms with E-state index in [0.717, 1.165) is 0 Å². The van der Waals surface area contributed by atoms with Gasteiger partial charge in [-0.05, 0) is 31.2 Å². The number of nitrogens with one attached hydrogen (secondary N) is 1. The average molecular weight is 336 g/mol. The lowest BCUT2D eigenvalue weighted by atomic mass is 10.1. The third-order valence-electron chi connectivity index (χ3n) is 3.48. The third-order valence-corrected chi connectivity index (χ3v) is 3.48. The van der Waals surface area contributed by atoms with Gasteiger partial charge in [-0.15, -0.1) is 0 Å². The zero-order valence-corrected chi connectivity index (χ0v) is 13.6. The molecule has 0 saturated carbocycles. The largest absolute Gasteiger partial charge is 0.339 e. The van der Waals surface area contributed by atoms with Gasteiger partial charge in [0.25, 0.3) is 0 Å². The van der Waals surface area contributed by atoms with Gasteiger partial charge in [0.1, 0.15) is 5.69 Å². The van der Waals surface area contributed by atoms with Crippen molar-refractivity contribution in [3.8, 4) is 11.5 Å². The van der Waals surface area contributed by atoms with Crippen LogP contribution in [0.1, 0.15) is 29.6 Å². The molecule has 0 radical (unpaired) electrons. The third kappa shape index (κ3) is 4.35. The van der Waals surface area contributed by atoms with Crippen LogP contribution in [0.15, 0.2) is 53.2 Å². The van der Waals surface area contributed by atoms with Gasteiger partial charge in [-0.3, -0.25) is 14.6 Å². The first-order valence-corrected chi connectivity index (χ1v) is 7.76. The molecule has 0 unspecified atom stereocenters. The van der Waals surface area contributed by atoms with Crippen LogP contribution in [0.2, 0.25) is 0 Å². The van der Waals surface area contributed by atoms with Crippen molar-refractivity contribution in [3.63, 3.8) is 0 Å². The summed E-state index contributed by atoms with van der Waals surface area (Å²) in [4.78, 5) is 31.8. The predicted octanol–water partition coefficient (Wildman–Crippen LogP) is 2.91. The van der Waals surface area contributed by atoms with E-state index < -0.39 is 0 Å². The zero-order valence-electron chi connectivity index (χ0n) is 13.6. The number of pyridine rings is 1. The topological polar surface area (TPSA) is 98.0 Å². The van der Waals surface area contributed by atoms with Crippen molar-refractivity contribution < 1.29 is 14.1 Å². The van der Waals surface area contributed by atoms with Crippen molar-refractivity contribution in [2.45, 2.75) is 19.8 Å². The Bertz CT molecular complexity index is 890. The molecule has 1 N–H and O–H groups in total. The summed E-state index contributed by atoms with van der Waals surface area (Å²) >= 11 is 0. The molecule has 126 valence electrons. The van der Waals surface area contributed by atoms with Crippen molar-refractivity contribution in [2.75, 3.05) is 5.32 Å². The lowest BCUT2D eigenvalue weighted by Gasteiger charge is -2.05. The van der Waals surface area contributed by atoms with Crippen LogP contribution in [0, 0.1) is 0 Å². The number of benzene rings is 1. The highest BCUT2D eigenvalue weighted by molar-refractivity contribution is 5.97. The van der Waals surface area contributed by atoms with Gasteiger partial charge in [0, 0.05) is 30.3 Å². The Kier molecular flexibility index (Phi) is 4.94. The Morgan fingerprint density at radius 3 is 2.80 bits per heavy atom. The number of amides is 1. The molecule has 0 aliphatic heterocycles. The van der Waals surface area contributed by atoms with Gasteiger partial charge in [-0.25, -0.2) is 0 Å². The fourth-order valence-corrected chi connectivity index (χ4v) is 2.22. The zero-order chi connectivity index (χ0) is 17.6. The molecule has 2 aromatic heterocycles.